The molecule has 31 heavy (non-hydrogen) atoms. The molecule has 0 radical (unpaired) electrons. The molecule has 160 valence electrons. The quantitative estimate of drug-likeness (QED) is 0.766. The van der Waals surface area contributed by atoms with Gasteiger partial charge in [0.25, 0.3) is 11.8 Å². The third kappa shape index (κ3) is 3.49. The Morgan fingerprint density at radius 2 is 1.71 bits per heavy atom. The molecule has 5 rings (SSSR count). The summed E-state index contributed by atoms with van der Waals surface area (Å²) in [5.74, 6) is -0.218. The maximum atomic E-state index is 13.5. The summed E-state index contributed by atoms with van der Waals surface area (Å²) in [6.45, 7) is 3.04. The molecule has 1 atom stereocenters. The second kappa shape index (κ2) is 8.15. The second-order valence-electron chi connectivity index (χ2n) is 8.16. The number of nitrogens with zero attached hydrogens (tertiary/aromatic N) is 3. The highest BCUT2D eigenvalue weighted by molar-refractivity contribution is 6.11. The van der Waals surface area contributed by atoms with E-state index in [1.54, 1.807) is 20.8 Å². The van der Waals surface area contributed by atoms with Crippen molar-refractivity contribution < 1.29 is 19.1 Å². The number of benzene rings is 2. The normalized spacial score (nSPS) is 21.0. The Kier molecular flexibility index (Phi) is 5.19. The van der Waals surface area contributed by atoms with Crippen LogP contribution in [0.4, 0.5) is 5.69 Å². The number of para-hydroxylation sites is 1. The first-order valence-electron chi connectivity index (χ1n) is 10.8. The van der Waals surface area contributed by atoms with Crippen molar-refractivity contribution in [3.8, 4) is 0 Å². The van der Waals surface area contributed by atoms with Crippen molar-refractivity contribution in [2.24, 2.45) is 0 Å². The number of hydrogen-bond donors (Lipinski definition) is 0. The summed E-state index contributed by atoms with van der Waals surface area (Å²) in [5, 5.41) is 0. The van der Waals surface area contributed by atoms with Gasteiger partial charge in [-0.2, -0.15) is 0 Å². The Balaban J connectivity index is 1.52. The van der Waals surface area contributed by atoms with Crippen LogP contribution in [0.3, 0.4) is 0 Å². The Labute approximate surface area is 181 Å². The van der Waals surface area contributed by atoms with Crippen LogP contribution in [-0.2, 0) is 16.1 Å². The molecule has 0 saturated carbocycles. The first kappa shape index (κ1) is 19.8. The van der Waals surface area contributed by atoms with E-state index in [9.17, 15) is 14.4 Å². The molecule has 0 spiro atoms. The number of carbonyl (C=O) groups excluding carboxylic acids is 3. The third-order valence-electron chi connectivity index (χ3n) is 6.36. The maximum absolute atomic E-state index is 13.5. The van der Waals surface area contributed by atoms with Gasteiger partial charge in [-0.3, -0.25) is 14.4 Å². The molecule has 2 fully saturated rings. The first-order valence-corrected chi connectivity index (χ1v) is 10.8. The molecule has 7 heteroatoms. The van der Waals surface area contributed by atoms with Crippen LogP contribution in [-0.4, -0.2) is 66.4 Å². The average molecular weight is 419 g/mol. The van der Waals surface area contributed by atoms with E-state index in [1.165, 1.54) is 0 Å². The number of hydrogen-bond acceptors (Lipinski definition) is 4. The van der Waals surface area contributed by atoms with Crippen molar-refractivity contribution in [1.82, 2.24) is 9.80 Å². The van der Waals surface area contributed by atoms with Gasteiger partial charge in [0.1, 0.15) is 6.04 Å². The number of morpholine rings is 1. The Bertz CT molecular complexity index is 1030. The summed E-state index contributed by atoms with van der Waals surface area (Å²) >= 11 is 0. The van der Waals surface area contributed by atoms with Crippen LogP contribution in [0.5, 0.6) is 0 Å². The third-order valence-corrected chi connectivity index (χ3v) is 6.36. The standard InChI is InChI=1S/C24H25N3O4/c28-22(25-12-14-31-15-13-25)18-7-2-1-6-17(18)16-27-20-9-4-3-8-19(20)23(29)26-11-5-10-21(26)24(27)30/h1-4,6-9,21H,5,10-16H2/t21-/m1/s1. The van der Waals surface area contributed by atoms with Crippen LogP contribution in [0.2, 0.25) is 0 Å². The minimum Gasteiger partial charge on any atom is -0.378 e. The fourth-order valence-corrected chi connectivity index (χ4v) is 4.75. The van der Waals surface area contributed by atoms with Gasteiger partial charge in [-0.15, -0.1) is 0 Å². The lowest BCUT2D eigenvalue weighted by atomic mass is 10.0. The molecule has 0 N–H and O–H groups in total. The largest absolute Gasteiger partial charge is 0.378 e. The number of rotatable bonds is 3. The predicted molar refractivity (Wildman–Crippen MR) is 115 cm³/mol. The average Bonchev–Trinajstić information content (AvgIpc) is 3.29. The van der Waals surface area contributed by atoms with Gasteiger partial charge >= 0.3 is 0 Å². The van der Waals surface area contributed by atoms with E-state index in [4.69, 9.17) is 4.74 Å². The van der Waals surface area contributed by atoms with Crippen molar-refractivity contribution in [2.75, 3.05) is 37.7 Å². The van der Waals surface area contributed by atoms with Gasteiger partial charge in [0.05, 0.1) is 31.0 Å². The van der Waals surface area contributed by atoms with E-state index in [-0.39, 0.29) is 24.3 Å². The molecule has 3 heterocycles. The van der Waals surface area contributed by atoms with Crippen molar-refractivity contribution in [2.45, 2.75) is 25.4 Å². The molecule has 0 bridgehead atoms. The highest BCUT2D eigenvalue weighted by Crippen LogP contribution is 2.33. The molecule has 0 aliphatic carbocycles. The van der Waals surface area contributed by atoms with Crippen molar-refractivity contribution >= 4 is 23.4 Å². The van der Waals surface area contributed by atoms with Crippen LogP contribution in [0.15, 0.2) is 48.5 Å². The summed E-state index contributed by atoms with van der Waals surface area (Å²) in [6, 6.07) is 14.3. The van der Waals surface area contributed by atoms with Crippen LogP contribution in [0.25, 0.3) is 0 Å². The van der Waals surface area contributed by atoms with Crippen molar-refractivity contribution in [3.63, 3.8) is 0 Å². The van der Waals surface area contributed by atoms with Gasteiger partial charge < -0.3 is 19.4 Å². The number of amides is 3. The second-order valence-corrected chi connectivity index (χ2v) is 8.16. The van der Waals surface area contributed by atoms with E-state index in [2.05, 4.69) is 0 Å². The first-order chi connectivity index (χ1) is 15.1. The minimum absolute atomic E-state index is 0.0481. The predicted octanol–water partition coefficient (Wildman–Crippen LogP) is 2.31. The fraction of sp³-hybridized carbons (Fsp3) is 0.375. The van der Waals surface area contributed by atoms with Gasteiger partial charge in [-0.1, -0.05) is 30.3 Å². The molecule has 2 saturated heterocycles. The monoisotopic (exact) mass is 419 g/mol. The Hall–Kier alpha value is -3.19. The zero-order valence-corrected chi connectivity index (χ0v) is 17.3. The topological polar surface area (TPSA) is 70.2 Å². The van der Waals surface area contributed by atoms with Crippen LogP contribution in [0, 0.1) is 0 Å². The molecule has 3 aliphatic heterocycles. The zero-order chi connectivity index (χ0) is 21.4. The number of fused-ring (bicyclic) bond motifs is 2. The molecular formula is C24H25N3O4. The summed E-state index contributed by atoms with van der Waals surface area (Å²) in [7, 11) is 0. The smallest absolute Gasteiger partial charge is 0.256 e. The summed E-state index contributed by atoms with van der Waals surface area (Å²) < 4.78 is 5.37. The van der Waals surface area contributed by atoms with E-state index in [0.717, 1.165) is 12.0 Å². The lowest BCUT2D eigenvalue weighted by Gasteiger charge is -2.29. The summed E-state index contributed by atoms with van der Waals surface area (Å²) in [6.07, 6.45) is 1.49. The summed E-state index contributed by atoms with van der Waals surface area (Å²) in [5.41, 5.74) is 2.52. The molecule has 3 amide bonds. The zero-order valence-electron chi connectivity index (χ0n) is 17.3. The van der Waals surface area contributed by atoms with Gasteiger partial charge in [0.15, 0.2) is 0 Å². The van der Waals surface area contributed by atoms with Crippen molar-refractivity contribution in [1.29, 1.82) is 0 Å². The van der Waals surface area contributed by atoms with Crippen LogP contribution < -0.4 is 4.90 Å². The SMILES string of the molecule is O=C(c1ccccc1CN1C(=O)[C@H]2CCCN2C(=O)c2ccccc21)N1CCOCC1. The Morgan fingerprint density at radius 1 is 0.968 bits per heavy atom. The number of carbonyl (C=O) groups is 3. The van der Waals surface area contributed by atoms with E-state index in [1.807, 2.05) is 42.5 Å². The molecule has 7 nitrogen and oxygen atoms in total. The number of ether oxygens (including phenoxy) is 1. The fourth-order valence-electron chi connectivity index (χ4n) is 4.75. The van der Waals surface area contributed by atoms with Crippen LogP contribution in [0.1, 0.15) is 39.1 Å². The highest BCUT2D eigenvalue weighted by atomic mass is 16.5. The molecule has 0 unspecified atom stereocenters. The Morgan fingerprint density at radius 3 is 2.55 bits per heavy atom. The van der Waals surface area contributed by atoms with Crippen molar-refractivity contribution in [3.05, 3.63) is 65.2 Å². The molecule has 2 aromatic carbocycles. The lowest BCUT2D eigenvalue weighted by molar-refractivity contribution is -0.122. The van der Waals surface area contributed by atoms with E-state index < -0.39 is 6.04 Å². The highest BCUT2D eigenvalue weighted by Gasteiger charge is 2.42. The molecule has 3 aliphatic rings. The van der Waals surface area contributed by atoms with Gasteiger partial charge in [-0.25, -0.2) is 0 Å². The van der Waals surface area contributed by atoms with E-state index in [0.29, 0.717) is 56.1 Å². The van der Waals surface area contributed by atoms with Crippen LogP contribution >= 0.6 is 0 Å². The van der Waals surface area contributed by atoms with Gasteiger partial charge in [0.2, 0.25) is 5.91 Å². The maximum Gasteiger partial charge on any atom is 0.256 e. The lowest BCUT2D eigenvalue weighted by Crippen LogP contribution is -2.45. The summed E-state index contributed by atoms with van der Waals surface area (Å²) in [4.78, 5) is 45.0. The minimum atomic E-state index is -0.443. The number of anilines is 1. The molecular weight excluding hydrogens is 394 g/mol. The van der Waals surface area contributed by atoms with Gasteiger partial charge in [-0.05, 0) is 36.6 Å². The molecule has 2 aromatic rings. The molecule has 0 aromatic heterocycles. The van der Waals surface area contributed by atoms with Gasteiger partial charge in [0, 0.05) is 25.2 Å². The van der Waals surface area contributed by atoms with E-state index >= 15 is 0 Å².